The molecule has 4 rings (SSSR count). The normalized spacial score (nSPS) is 16.2. The van der Waals surface area contributed by atoms with Crippen molar-refractivity contribution in [3.05, 3.63) is 76.6 Å². The fourth-order valence-corrected chi connectivity index (χ4v) is 3.54. The Labute approximate surface area is 178 Å². The summed E-state index contributed by atoms with van der Waals surface area (Å²) in [6, 6.07) is 7.91. The smallest absolute Gasteiger partial charge is 0.258 e. The molecule has 0 aliphatic carbocycles. The van der Waals surface area contributed by atoms with E-state index >= 15 is 0 Å². The maximum atomic E-state index is 13.7. The molecule has 162 valence electrons. The summed E-state index contributed by atoms with van der Waals surface area (Å²) in [5.41, 5.74) is 0.284. The predicted molar refractivity (Wildman–Crippen MR) is 113 cm³/mol. The lowest BCUT2D eigenvalue weighted by atomic mass is 10.2. The van der Waals surface area contributed by atoms with Crippen molar-refractivity contribution in [3.8, 4) is 11.4 Å². The molecule has 1 fully saturated rings. The van der Waals surface area contributed by atoms with Crippen molar-refractivity contribution in [2.24, 2.45) is 0 Å². The maximum absolute atomic E-state index is 13.7. The molecule has 1 saturated heterocycles. The topological polar surface area (TPSA) is 63.5 Å². The second kappa shape index (κ2) is 8.81. The van der Waals surface area contributed by atoms with Crippen molar-refractivity contribution < 1.29 is 13.5 Å². The highest BCUT2D eigenvalue weighted by atomic mass is 19.1. The fourth-order valence-electron chi connectivity index (χ4n) is 3.54. The summed E-state index contributed by atoms with van der Waals surface area (Å²) >= 11 is 0. The number of ether oxygens (including phenoxy) is 1. The number of likely N-dealkylation sites (N-methyl/N-ethyl adjacent to an activating group) is 1. The third-order valence-corrected chi connectivity index (χ3v) is 5.38. The van der Waals surface area contributed by atoms with Crippen LogP contribution in [0.3, 0.4) is 0 Å². The number of aromatic nitrogens is 3. The van der Waals surface area contributed by atoms with Crippen LogP contribution in [0.2, 0.25) is 0 Å². The Morgan fingerprint density at radius 3 is 2.65 bits per heavy atom. The van der Waals surface area contributed by atoms with E-state index in [4.69, 9.17) is 4.74 Å². The molecule has 0 amide bonds. The summed E-state index contributed by atoms with van der Waals surface area (Å²) in [4.78, 5) is 25.2. The van der Waals surface area contributed by atoms with E-state index in [-0.39, 0.29) is 23.6 Å². The van der Waals surface area contributed by atoms with E-state index < -0.39 is 11.6 Å². The van der Waals surface area contributed by atoms with Gasteiger partial charge in [-0.15, -0.1) is 0 Å². The zero-order chi connectivity index (χ0) is 22.0. The zero-order valence-electron chi connectivity index (χ0n) is 17.3. The molecular weight excluding hydrogens is 404 g/mol. The van der Waals surface area contributed by atoms with Crippen molar-refractivity contribution in [1.29, 1.82) is 0 Å². The Morgan fingerprint density at radius 2 is 2.00 bits per heavy atom. The highest BCUT2D eigenvalue weighted by Gasteiger charge is 2.24. The van der Waals surface area contributed by atoms with E-state index in [0.717, 1.165) is 37.6 Å². The number of rotatable bonds is 6. The van der Waals surface area contributed by atoms with E-state index in [1.54, 1.807) is 18.5 Å². The van der Waals surface area contributed by atoms with E-state index in [2.05, 4.69) is 33.9 Å². The first-order valence-electron chi connectivity index (χ1n) is 9.94. The highest BCUT2D eigenvalue weighted by Crippen LogP contribution is 2.21. The molecule has 1 atom stereocenters. The lowest BCUT2D eigenvalue weighted by Crippen LogP contribution is -2.31. The van der Waals surface area contributed by atoms with Gasteiger partial charge in [-0.3, -0.25) is 14.3 Å². The van der Waals surface area contributed by atoms with Crippen LogP contribution < -0.4 is 15.2 Å². The number of hydrogen-bond donors (Lipinski definition) is 0. The molecule has 3 aromatic rings. The van der Waals surface area contributed by atoms with Gasteiger partial charge in [0.1, 0.15) is 29.7 Å². The molecular formula is C22H23F2N5O2. The van der Waals surface area contributed by atoms with Crippen LogP contribution in [0.15, 0.2) is 53.7 Å². The van der Waals surface area contributed by atoms with Crippen molar-refractivity contribution in [1.82, 2.24) is 19.4 Å². The van der Waals surface area contributed by atoms with Crippen molar-refractivity contribution in [3.63, 3.8) is 0 Å². The van der Waals surface area contributed by atoms with Crippen molar-refractivity contribution >= 4 is 5.82 Å². The minimum atomic E-state index is -0.797. The van der Waals surface area contributed by atoms with Crippen LogP contribution in [-0.4, -0.2) is 52.7 Å². The van der Waals surface area contributed by atoms with Gasteiger partial charge in [-0.25, -0.2) is 13.8 Å². The van der Waals surface area contributed by atoms with Gasteiger partial charge < -0.3 is 14.5 Å². The highest BCUT2D eigenvalue weighted by molar-refractivity contribution is 5.44. The molecule has 0 aromatic carbocycles. The molecule has 4 heterocycles. The van der Waals surface area contributed by atoms with Gasteiger partial charge in [0.25, 0.3) is 5.56 Å². The summed E-state index contributed by atoms with van der Waals surface area (Å²) in [5.74, 6) is -0.404. The number of nitrogens with zero attached hydrogens (tertiary/aromatic N) is 5. The summed E-state index contributed by atoms with van der Waals surface area (Å²) in [5, 5.41) is 0. The third kappa shape index (κ3) is 4.72. The molecule has 1 aliphatic rings. The number of hydrogen-bond acceptors (Lipinski definition) is 6. The molecule has 9 heteroatoms. The second-order valence-corrected chi connectivity index (χ2v) is 7.67. The molecule has 3 aromatic heterocycles. The molecule has 7 nitrogen and oxygen atoms in total. The van der Waals surface area contributed by atoms with Crippen LogP contribution in [0.4, 0.5) is 14.6 Å². The van der Waals surface area contributed by atoms with Crippen LogP contribution in [0.1, 0.15) is 12.1 Å². The Hall–Kier alpha value is -3.33. The lowest BCUT2D eigenvalue weighted by molar-refractivity contribution is 0.292. The minimum Gasteiger partial charge on any atom is -0.487 e. The Kier molecular flexibility index (Phi) is 5.94. The molecule has 0 spiro atoms. The van der Waals surface area contributed by atoms with Crippen LogP contribution in [0.25, 0.3) is 5.69 Å². The van der Waals surface area contributed by atoms with Gasteiger partial charge in [-0.05, 0) is 38.7 Å². The average Bonchev–Trinajstić information content (AvgIpc) is 3.24. The standard InChI is InChI=1S/C22H23F2N5O2/c1-27(2)17-5-7-28(13-17)21-4-3-16(12-26-21)29-8-6-18(10-22(29)30)31-14-20-19(24)9-15(23)11-25-20/h3-4,6,8-12,17H,5,7,13-14H2,1-2H3. The van der Waals surface area contributed by atoms with Crippen LogP contribution >= 0.6 is 0 Å². The van der Waals surface area contributed by atoms with Crippen LogP contribution in [0, 0.1) is 11.6 Å². The first kappa shape index (κ1) is 20.9. The summed E-state index contributed by atoms with van der Waals surface area (Å²) in [6.07, 6.45) is 5.24. The van der Waals surface area contributed by atoms with E-state index in [1.807, 2.05) is 12.1 Å². The lowest BCUT2D eigenvalue weighted by Gasteiger charge is -2.21. The first-order chi connectivity index (χ1) is 14.9. The predicted octanol–water partition coefficient (Wildman–Crippen LogP) is 2.63. The molecule has 0 saturated carbocycles. The summed E-state index contributed by atoms with van der Waals surface area (Å²) in [7, 11) is 4.16. The summed E-state index contributed by atoms with van der Waals surface area (Å²) < 4.78 is 33.5. The molecule has 1 aliphatic heterocycles. The number of anilines is 1. The van der Waals surface area contributed by atoms with Gasteiger partial charge >= 0.3 is 0 Å². The maximum Gasteiger partial charge on any atom is 0.258 e. The SMILES string of the molecule is CN(C)C1CCN(c2ccc(-n3ccc(OCc4ncc(F)cc4F)cc3=O)cn2)C1. The average molecular weight is 427 g/mol. The zero-order valence-corrected chi connectivity index (χ0v) is 17.3. The quantitative estimate of drug-likeness (QED) is 0.603. The van der Waals surface area contributed by atoms with Gasteiger partial charge in [0.15, 0.2) is 5.82 Å². The molecule has 0 N–H and O–H groups in total. The largest absolute Gasteiger partial charge is 0.487 e. The Bertz CT molecular complexity index is 1120. The molecule has 1 unspecified atom stereocenters. The van der Waals surface area contributed by atoms with Gasteiger partial charge in [-0.1, -0.05) is 0 Å². The first-order valence-corrected chi connectivity index (χ1v) is 9.94. The van der Waals surface area contributed by atoms with Gasteiger partial charge in [0.2, 0.25) is 0 Å². The fraction of sp³-hybridized carbons (Fsp3) is 0.318. The summed E-state index contributed by atoms with van der Waals surface area (Å²) in [6.45, 7) is 1.66. The van der Waals surface area contributed by atoms with E-state index in [0.29, 0.717) is 11.7 Å². The van der Waals surface area contributed by atoms with Crippen LogP contribution in [-0.2, 0) is 6.61 Å². The Morgan fingerprint density at radius 1 is 1.16 bits per heavy atom. The molecule has 0 bridgehead atoms. The second-order valence-electron chi connectivity index (χ2n) is 7.67. The Balaban J connectivity index is 1.44. The van der Waals surface area contributed by atoms with Crippen molar-refractivity contribution in [2.45, 2.75) is 19.1 Å². The van der Waals surface area contributed by atoms with Gasteiger partial charge in [-0.2, -0.15) is 0 Å². The van der Waals surface area contributed by atoms with E-state index in [9.17, 15) is 13.6 Å². The van der Waals surface area contributed by atoms with E-state index in [1.165, 1.54) is 10.6 Å². The molecule has 0 radical (unpaired) electrons. The monoisotopic (exact) mass is 427 g/mol. The number of pyridine rings is 3. The van der Waals surface area contributed by atoms with Crippen LogP contribution in [0.5, 0.6) is 5.75 Å². The van der Waals surface area contributed by atoms with Gasteiger partial charge in [0.05, 0.1) is 18.1 Å². The molecule has 31 heavy (non-hydrogen) atoms. The van der Waals surface area contributed by atoms with Crippen molar-refractivity contribution in [2.75, 3.05) is 32.1 Å². The third-order valence-electron chi connectivity index (χ3n) is 5.38. The number of halogens is 2. The van der Waals surface area contributed by atoms with Gasteiger partial charge in [0, 0.05) is 37.5 Å². The minimum absolute atomic E-state index is 0.0382.